The Labute approximate surface area is 153 Å². The quantitative estimate of drug-likeness (QED) is 0.798. The highest BCUT2D eigenvalue weighted by Gasteiger charge is 2.37. The van der Waals surface area contributed by atoms with Gasteiger partial charge in [0.15, 0.2) is 0 Å². The van der Waals surface area contributed by atoms with Crippen LogP contribution in [0.1, 0.15) is 49.7 Å². The van der Waals surface area contributed by atoms with E-state index in [1.54, 1.807) is 18.0 Å². The average Bonchev–Trinajstić information content (AvgIpc) is 3.15. The number of likely N-dealkylation sites (N-methyl/N-ethyl adjacent to an activating group) is 1. The number of amides is 1. The predicted molar refractivity (Wildman–Crippen MR) is 94.8 cm³/mol. The molecule has 0 spiro atoms. The molecule has 144 valence electrons. The van der Waals surface area contributed by atoms with Crippen molar-refractivity contribution in [3.8, 4) is 0 Å². The molecular weight excluding hydrogens is 341 g/mol. The highest BCUT2D eigenvalue weighted by Crippen LogP contribution is 2.33. The fraction of sp³-hybridized carbons (Fsp3) is 0.650. The Morgan fingerprint density at radius 3 is 2.46 bits per heavy atom. The molecule has 1 heterocycles. The number of hydrogen-bond donors (Lipinski definition) is 0. The summed E-state index contributed by atoms with van der Waals surface area (Å²) in [5, 5.41) is 0. The van der Waals surface area contributed by atoms with E-state index in [2.05, 4.69) is 4.90 Å². The summed E-state index contributed by atoms with van der Waals surface area (Å²) in [6.07, 6.45) is 2.00. The van der Waals surface area contributed by atoms with Crippen LogP contribution in [-0.4, -0.2) is 47.9 Å². The summed E-state index contributed by atoms with van der Waals surface area (Å²) in [4.78, 5) is 17.0. The zero-order valence-corrected chi connectivity index (χ0v) is 15.3. The number of rotatable bonds is 4. The van der Waals surface area contributed by atoms with E-state index in [0.717, 1.165) is 44.8 Å². The first kappa shape index (κ1) is 19.2. The normalized spacial score (nSPS) is 24.6. The maximum Gasteiger partial charge on any atom is 0.416 e. The van der Waals surface area contributed by atoms with Gasteiger partial charge in [-0.05, 0) is 50.4 Å². The molecule has 0 unspecified atom stereocenters. The van der Waals surface area contributed by atoms with Gasteiger partial charge in [0.25, 0.3) is 0 Å². The van der Waals surface area contributed by atoms with Crippen molar-refractivity contribution in [3.63, 3.8) is 0 Å². The molecular formula is C20H27F3N2O. The Balaban J connectivity index is 1.73. The van der Waals surface area contributed by atoms with Crippen molar-refractivity contribution < 1.29 is 18.0 Å². The van der Waals surface area contributed by atoms with Gasteiger partial charge >= 0.3 is 6.18 Å². The number of halogens is 3. The molecule has 1 amide bonds. The molecule has 26 heavy (non-hydrogen) atoms. The summed E-state index contributed by atoms with van der Waals surface area (Å²) in [6.45, 7) is 2.14. The van der Waals surface area contributed by atoms with Crippen molar-refractivity contribution in [2.75, 3.05) is 20.1 Å². The average molecular weight is 368 g/mol. The summed E-state index contributed by atoms with van der Waals surface area (Å²) >= 11 is 0. The van der Waals surface area contributed by atoms with E-state index in [1.807, 2.05) is 0 Å². The van der Waals surface area contributed by atoms with Crippen molar-refractivity contribution in [3.05, 3.63) is 35.4 Å². The number of carbonyl (C=O) groups is 1. The van der Waals surface area contributed by atoms with Crippen LogP contribution in [-0.2, 0) is 17.4 Å². The van der Waals surface area contributed by atoms with Gasteiger partial charge in [-0.15, -0.1) is 0 Å². The molecule has 1 aliphatic carbocycles. The maximum atomic E-state index is 13.2. The largest absolute Gasteiger partial charge is 0.416 e. The number of carbonyl (C=O) groups excluding carboxylic acids is 1. The van der Waals surface area contributed by atoms with Crippen molar-refractivity contribution in [2.45, 2.75) is 63.2 Å². The third-order valence-corrected chi connectivity index (χ3v) is 5.86. The standard InChI is InChI=1S/C20H27F3N2O/c1-24(17-10-4-5-11-18(17)25-12-6-7-13-25)19(26)14-15-8-2-3-9-16(15)20(21,22)23/h2-3,8-9,17-18H,4-7,10-14H2,1H3/t17-,18-/m1/s1. The molecule has 1 aromatic carbocycles. The van der Waals surface area contributed by atoms with Gasteiger partial charge in [-0.3, -0.25) is 9.69 Å². The number of nitrogens with zero attached hydrogens (tertiary/aromatic N) is 2. The molecule has 0 N–H and O–H groups in total. The van der Waals surface area contributed by atoms with Crippen molar-refractivity contribution in [2.24, 2.45) is 0 Å². The second kappa shape index (κ2) is 7.99. The van der Waals surface area contributed by atoms with Crippen molar-refractivity contribution in [1.29, 1.82) is 0 Å². The Morgan fingerprint density at radius 2 is 1.77 bits per heavy atom. The Bertz CT molecular complexity index is 626. The van der Waals surface area contributed by atoms with E-state index in [1.165, 1.54) is 25.0 Å². The predicted octanol–water partition coefficient (Wildman–Crippen LogP) is 4.11. The van der Waals surface area contributed by atoms with E-state index in [4.69, 9.17) is 0 Å². The van der Waals surface area contributed by atoms with Gasteiger partial charge in [0.2, 0.25) is 5.91 Å². The molecule has 1 saturated heterocycles. The van der Waals surface area contributed by atoms with Gasteiger partial charge in [-0.1, -0.05) is 31.0 Å². The first-order valence-electron chi connectivity index (χ1n) is 9.53. The molecule has 0 aromatic heterocycles. The van der Waals surface area contributed by atoms with Crippen LogP contribution in [0.3, 0.4) is 0 Å². The van der Waals surface area contributed by atoms with E-state index >= 15 is 0 Å². The Morgan fingerprint density at radius 1 is 1.12 bits per heavy atom. The minimum atomic E-state index is -4.43. The van der Waals surface area contributed by atoms with E-state index < -0.39 is 11.7 Å². The van der Waals surface area contributed by atoms with Gasteiger partial charge < -0.3 is 4.90 Å². The van der Waals surface area contributed by atoms with Crippen molar-refractivity contribution >= 4 is 5.91 Å². The molecule has 3 rings (SSSR count). The van der Waals surface area contributed by atoms with Crippen LogP contribution < -0.4 is 0 Å². The summed E-state index contributed by atoms with van der Waals surface area (Å²) in [5.41, 5.74) is -0.646. The number of benzene rings is 1. The van der Waals surface area contributed by atoms with Gasteiger partial charge in [-0.2, -0.15) is 13.2 Å². The summed E-state index contributed by atoms with van der Waals surface area (Å²) in [6, 6.07) is 5.84. The number of likely N-dealkylation sites (tertiary alicyclic amines) is 1. The van der Waals surface area contributed by atoms with Gasteiger partial charge in [0.1, 0.15) is 0 Å². The molecule has 1 aromatic rings. The Kier molecular flexibility index (Phi) is 5.90. The molecule has 6 heteroatoms. The van der Waals surface area contributed by atoms with E-state index in [9.17, 15) is 18.0 Å². The smallest absolute Gasteiger partial charge is 0.341 e. The third kappa shape index (κ3) is 4.22. The molecule has 2 fully saturated rings. The topological polar surface area (TPSA) is 23.6 Å². The fourth-order valence-electron chi connectivity index (χ4n) is 4.47. The van der Waals surface area contributed by atoms with Crippen LogP contribution in [0.15, 0.2) is 24.3 Å². The summed E-state index contributed by atoms with van der Waals surface area (Å²) in [7, 11) is 1.76. The minimum Gasteiger partial charge on any atom is -0.341 e. The fourth-order valence-corrected chi connectivity index (χ4v) is 4.47. The highest BCUT2D eigenvalue weighted by atomic mass is 19.4. The minimum absolute atomic E-state index is 0.0605. The highest BCUT2D eigenvalue weighted by molar-refractivity contribution is 5.79. The first-order valence-corrected chi connectivity index (χ1v) is 9.53. The van der Waals surface area contributed by atoms with Crippen LogP contribution >= 0.6 is 0 Å². The van der Waals surface area contributed by atoms with Crippen LogP contribution in [0.4, 0.5) is 13.2 Å². The lowest BCUT2D eigenvalue weighted by molar-refractivity contribution is -0.139. The molecule has 1 saturated carbocycles. The maximum absolute atomic E-state index is 13.2. The molecule has 0 bridgehead atoms. The van der Waals surface area contributed by atoms with Crippen molar-refractivity contribution in [1.82, 2.24) is 9.80 Å². The molecule has 2 aliphatic rings. The zero-order valence-electron chi connectivity index (χ0n) is 15.3. The summed E-state index contributed by atoms with van der Waals surface area (Å²) in [5.74, 6) is -0.224. The Hall–Kier alpha value is -1.56. The molecule has 1 aliphatic heterocycles. The zero-order chi connectivity index (χ0) is 18.7. The molecule has 3 nitrogen and oxygen atoms in total. The summed E-state index contributed by atoms with van der Waals surface area (Å²) < 4.78 is 39.6. The first-order chi connectivity index (χ1) is 12.4. The van der Waals surface area contributed by atoms with Gasteiger partial charge in [-0.25, -0.2) is 0 Å². The third-order valence-electron chi connectivity index (χ3n) is 5.86. The lowest BCUT2D eigenvalue weighted by atomic mass is 9.88. The monoisotopic (exact) mass is 368 g/mol. The number of alkyl halides is 3. The molecule has 2 atom stereocenters. The van der Waals surface area contributed by atoms with Crippen LogP contribution in [0.2, 0.25) is 0 Å². The SMILES string of the molecule is CN(C(=O)Cc1ccccc1C(F)(F)F)[C@@H]1CCCC[C@H]1N1CCCC1. The van der Waals surface area contributed by atoms with E-state index in [-0.39, 0.29) is 23.9 Å². The van der Waals surface area contributed by atoms with E-state index in [0.29, 0.717) is 6.04 Å². The van der Waals surface area contributed by atoms with Gasteiger partial charge in [0.05, 0.1) is 12.0 Å². The van der Waals surface area contributed by atoms with Crippen LogP contribution in [0.25, 0.3) is 0 Å². The number of hydrogen-bond acceptors (Lipinski definition) is 2. The second-order valence-electron chi connectivity index (χ2n) is 7.50. The molecule has 0 radical (unpaired) electrons. The lowest BCUT2D eigenvalue weighted by Crippen LogP contribution is -2.53. The lowest BCUT2D eigenvalue weighted by Gasteiger charge is -2.42. The van der Waals surface area contributed by atoms with Gasteiger partial charge in [0, 0.05) is 19.1 Å². The van der Waals surface area contributed by atoms with Crippen LogP contribution in [0, 0.1) is 0 Å². The second-order valence-corrected chi connectivity index (χ2v) is 7.50. The van der Waals surface area contributed by atoms with Crippen LogP contribution in [0.5, 0.6) is 0 Å².